The van der Waals surface area contributed by atoms with E-state index in [0.29, 0.717) is 0 Å². The average Bonchev–Trinajstić information content (AvgIpc) is 2.99. The van der Waals surface area contributed by atoms with Gasteiger partial charge in [-0.15, -0.1) is 0 Å². The summed E-state index contributed by atoms with van der Waals surface area (Å²) < 4.78 is 2.19. The molecule has 1 aliphatic rings. The Balaban J connectivity index is 2.09. The first-order chi connectivity index (χ1) is 8.81. The minimum Gasteiger partial charge on any atom is -0.342 e. The summed E-state index contributed by atoms with van der Waals surface area (Å²) in [6.45, 7) is 3.47. The Kier molecular flexibility index (Phi) is 2.81. The second kappa shape index (κ2) is 4.47. The molecule has 0 spiro atoms. The van der Waals surface area contributed by atoms with Crippen molar-refractivity contribution in [2.24, 2.45) is 7.05 Å². The van der Waals surface area contributed by atoms with E-state index in [-0.39, 0.29) is 0 Å². The molecule has 2 heterocycles. The van der Waals surface area contributed by atoms with Gasteiger partial charge in [0.05, 0.1) is 24.3 Å². The molecule has 1 aromatic heterocycles. The fraction of sp³-hybridized carbons (Fsp3) is 0.400. The van der Waals surface area contributed by atoms with Crippen molar-refractivity contribution in [3.8, 4) is 6.07 Å². The largest absolute Gasteiger partial charge is 0.342 e. The monoisotopic (exact) mass is 240 g/mol. The summed E-state index contributed by atoms with van der Waals surface area (Å²) in [5.74, 6) is 0. The van der Waals surface area contributed by atoms with E-state index in [4.69, 9.17) is 0 Å². The normalized spacial score (nSPS) is 16.2. The molecule has 0 unspecified atom stereocenters. The van der Waals surface area contributed by atoms with E-state index < -0.39 is 0 Å². The van der Waals surface area contributed by atoms with E-state index in [2.05, 4.69) is 29.8 Å². The van der Waals surface area contributed by atoms with Crippen LogP contribution >= 0.6 is 0 Å². The van der Waals surface area contributed by atoms with Crippen LogP contribution in [-0.2, 0) is 13.6 Å². The lowest BCUT2D eigenvalue weighted by Crippen LogP contribution is -3.08. The van der Waals surface area contributed by atoms with Gasteiger partial charge in [0, 0.05) is 30.8 Å². The van der Waals surface area contributed by atoms with Crippen molar-refractivity contribution in [3.63, 3.8) is 0 Å². The number of nitrogens with zero attached hydrogens (tertiary/aromatic N) is 2. The number of nitrogens with one attached hydrogen (secondary N) is 1. The molecule has 0 amide bonds. The number of nitriles is 1. The lowest BCUT2D eigenvalue weighted by atomic mass is 10.1. The second-order valence-corrected chi connectivity index (χ2v) is 5.14. The molecule has 2 aromatic rings. The first-order valence-corrected chi connectivity index (χ1v) is 6.61. The molecule has 1 saturated heterocycles. The molecule has 18 heavy (non-hydrogen) atoms. The highest BCUT2D eigenvalue weighted by Gasteiger charge is 2.21. The van der Waals surface area contributed by atoms with Gasteiger partial charge in [0.2, 0.25) is 0 Å². The average molecular weight is 240 g/mol. The maximum absolute atomic E-state index is 9.43. The van der Waals surface area contributed by atoms with Gasteiger partial charge < -0.3 is 9.47 Å². The zero-order valence-corrected chi connectivity index (χ0v) is 10.7. The minimum atomic E-state index is 0.868. The molecule has 0 saturated carbocycles. The third-order valence-corrected chi connectivity index (χ3v) is 4.07. The highest BCUT2D eigenvalue weighted by atomic mass is 15.2. The van der Waals surface area contributed by atoms with Crippen LogP contribution in [-0.4, -0.2) is 17.7 Å². The first kappa shape index (κ1) is 11.3. The Bertz CT molecular complexity index is 612. The number of benzene rings is 1. The molecule has 3 heteroatoms. The van der Waals surface area contributed by atoms with E-state index in [1.807, 2.05) is 12.1 Å². The summed E-state index contributed by atoms with van der Waals surface area (Å²) in [5, 5.41) is 10.5. The van der Waals surface area contributed by atoms with Crippen molar-refractivity contribution in [1.82, 2.24) is 4.57 Å². The topological polar surface area (TPSA) is 33.2 Å². The summed E-state index contributed by atoms with van der Waals surface area (Å²) in [5.41, 5.74) is 3.23. The summed E-state index contributed by atoms with van der Waals surface area (Å²) >= 11 is 0. The number of fused-ring (bicyclic) bond motifs is 1. The fourth-order valence-electron chi connectivity index (χ4n) is 3.07. The highest BCUT2D eigenvalue weighted by molar-refractivity contribution is 5.87. The number of aromatic nitrogens is 1. The third-order valence-electron chi connectivity index (χ3n) is 4.07. The van der Waals surface area contributed by atoms with Crippen LogP contribution in [0.2, 0.25) is 0 Å². The molecule has 3 rings (SSSR count). The first-order valence-electron chi connectivity index (χ1n) is 6.61. The van der Waals surface area contributed by atoms with E-state index >= 15 is 0 Å². The molecule has 1 aliphatic heterocycles. The Morgan fingerprint density at radius 1 is 1.28 bits per heavy atom. The predicted molar refractivity (Wildman–Crippen MR) is 71.3 cm³/mol. The predicted octanol–water partition coefficient (Wildman–Crippen LogP) is 1.23. The number of rotatable bonds is 2. The highest BCUT2D eigenvalue weighted by Crippen LogP contribution is 2.24. The van der Waals surface area contributed by atoms with Crippen LogP contribution in [0.1, 0.15) is 24.1 Å². The standard InChI is InChI=1S/C15H17N3/c1-17-14-7-3-2-6-12(14)13(10-16)15(17)11-18-8-4-5-9-18/h2-3,6-7H,4-5,8-9,11H2,1H3/p+1. The minimum absolute atomic E-state index is 0.868. The van der Waals surface area contributed by atoms with Crippen LogP contribution in [0.3, 0.4) is 0 Å². The number of aryl methyl sites for hydroxylation is 1. The number of hydrogen-bond acceptors (Lipinski definition) is 1. The molecule has 0 atom stereocenters. The number of quaternary nitrogens is 1. The van der Waals surface area contributed by atoms with Gasteiger partial charge in [0.15, 0.2) is 0 Å². The number of para-hydroxylation sites is 1. The van der Waals surface area contributed by atoms with Gasteiger partial charge in [-0.05, 0) is 6.07 Å². The summed E-state index contributed by atoms with van der Waals surface area (Å²) in [4.78, 5) is 1.61. The van der Waals surface area contributed by atoms with Crippen LogP contribution in [0.4, 0.5) is 0 Å². The van der Waals surface area contributed by atoms with Crippen LogP contribution in [0.15, 0.2) is 24.3 Å². The van der Waals surface area contributed by atoms with Crippen molar-refractivity contribution < 1.29 is 4.90 Å². The van der Waals surface area contributed by atoms with Crippen LogP contribution in [0.25, 0.3) is 10.9 Å². The summed E-state index contributed by atoms with van der Waals surface area (Å²) in [7, 11) is 2.08. The van der Waals surface area contributed by atoms with Gasteiger partial charge in [-0.2, -0.15) is 5.26 Å². The third kappa shape index (κ3) is 1.70. The molecule has 3 nitrogen and oxygen atoms in total. The van der Waals surface area contributed by atoms with E-state index in [1.54, 1.807) is 4.90 Å². The molecular weight excluding hydrogens is 222 g/mol. The second-order valence-electron chi connectivity index (χ2n) is 5.14. The molecule has 0 radical (unpaired) electrons. The van der Waals surface area contributed by atoms with Gasteiger partial charge in [-0.25, -0.2) is 0 Å². The lowest BCUT2D eigenvalue weighted by Gasteiger charge is -2.13. The zero-order chi connectivity index (χ0) is 12.5. The van der Waals surface area contributed by atoms with Gasteiger partial charge >= 0.3 is 0 Å². The molecule has 0 aliphatic carbocycles. The number of hydrogen-bond donors (Lipinski definition) is 1. The van der Waals surface area contributed by atoms with Gasteiger partial charge in [-0.1, -0.05) is 18.2 Å². The van der Waals surface area contributed by atoms with E-state index in [0.717, 1.165) is 17.5 Å². The maximum atomic E-state index is 9.43. The quantitative estimate of drug-likeness (QED) is 0.841. The Morgan fingerprint density at radius 2 is 2.00 bits per heavy atom. The van der Waals surface area contributed by atoms with Gasteiger partial charge in [-0.3, -0.25) is 0 Å². The van der Waals surface area contributed by atoms with Crippen molar-refractivity contribution in [2.75, 3.05) is 13.1 Å². The maximum Gasteiger partial charge on any atom is 0.119 e. The fourth-order valence-corrected chi connectivity index (χ4v) is 3.07. The Hall–Kier alpha value is -1.79. The van der Waals surface area contributed by atoms with E-state index in [1.165, 1.54) is 37.1 Å². The van der Waals surface area contributed by atoms with Crippen LogP contribution < -0.4 is 4.90 Å². The number of likely N-dealkylation sites (tertiary alicyclic amines) is 1. The zero-order valence-electron chi connectivity index (χ0n) is 10.7. The van der Waals surface area contributed by atoms with Crippen molar-refractivity contribution in [1.29, 1.82) is 5.26 Å². The van der Waals surface area contributed by atoms with Crippen LogP contribution in [0.5, 0.6) is 0 Å². The van der Waals surface area contributed by atoms with Crippen molar-refractivity contribution >= 4 is 10.9 Å². The van der Waals surface area contributed by atoms with Crippen molar-refractivity contribution in [2.45, 2.75) is 19.4 Å². The molecule has 1 aromatic carbocycles. The van der Waals surface area contributed by atoms with Gasteiger partial charge in [0.1, 0.15) is 12.6 Å². The molecule has 1 N–H and O–H groups in total. The lowest BCUT2D eigenvalue weighted by molar-refractivity contribution is -0.901. The molecular formula is C15H18N3+. The Labute approximate surface area is 107 Å². The Morgan fingerprint density at radius 3 is 2.72 bits per heavy atom. The summed E-state index contributed by atoms with van der Waals surface area (Å²) in [6, 6.07) is 10.6. The SMILES string of the molecule is Cn1c(C[NH+]2CCCC2)c(C#N)c2ccccc21. The smallest absolute Gasteiger partial charge is 0.119 e. The summed E-state index contributed by atoms with van der Waals surface area (Å²) in [6.07, 6.45) is 2.64. The van der Waals surface area contributed by atoms with Crippen LogP contribution in [0, 0.1) is 11.3 Å². The van der Waals surface area contributed by atoms with Crippen molar-refractivity contribution in [3.05, 3.63) is 35.5 Å². The van der Waals surface area contributed by atoms with Gasteiger partial charge in [0.25, 0.3) is 0 Å². The molecule has 0 bridgehead atoms. The van der Waals surface area contributed by atoms with E-state index in [9.17, 15) is 5.26 Å². The molecule has 92 valence electrons. The molecule has 1 fully saturated rings.